The first-order valence-electron chi connectivity index (χ1n) is 7.09. The van der Waals surface area contributed by atoms with E-state index >= 15 is 0 Å². The van der Waals surface area contributed by atoms with Gasteiger partial charge >= 0.3 is 0 Å². The highest BCUT2D eigenvalue weighted by Crippen LogP contribution is 2.22. The summed E-state index contributed by atoms with van der Waals surface area (Å²) in [6, 6.07) is 0. The number of hydrogen-bond donors (Lipinski definition) is 0. The predicted molar refractivity (Wildman–Crippen MR) is 79.4 cm³/mol. The van der Waals surface area contributed by atoms with Gasteiger partial charge in [-0.2, -0.15) is 0 Å². The van der Waals surface area contributed by atoms with Crippen LogP contribution in [0.25, 0.3) is 0 Å². The van der Waals surface area contributed by atoms with Gasteiger partial charge in [0.2, 0.25) is 0 Å². The van der Waals surface area contributed by atoms with Crippen LogP contribution in [0.3, 0.4) is 0 Å². The van der Waals surface area contributed by atoms with E-state index < -0.39 is 0 Å². The third-order valence-corrected chi connectivity index (χ3v) is 4.44. The van der Waals surface area contributed by atoms with Crippen molar-refractivity contribution >= 4 is 11.6 Å². The van der Waals surface area contributed by atoms with Crippen molar-refractivity contribution in [3.8, 4) is 0 Å². The van der Waals surface area contributed by atoms with Gasteiger partial charge in [0.05, 0.1) is 12.7 Å². The molecule has 2 heterocycles. The maximum Gasteiger partial charge on any atom is 0.128 e. The molecule has 0 aliphatic carbocycles. The molecule has 2 rings (SSSR count). The second kappa shape index (κ2) is 6.73. The van der Waals surface area contributed by atoms with Gasteiger partial charge in [-0.15, -0.1) is 0 Å². The Hall–Kier alpha value is -0.580. The summed E-state index contributed by atoms with van der Waals surface area (Å²) in [6.45, 7) is 4.49. The van der Waals surface area contributed by atoms with Crippen molar-refractivity contribution in [2.45, 2.75) is 25.8 Å². The van der Waals surface area contributed by atoms with Gasteiger partial charge in [-0.1, -0.05) is 11.6 Å². The Morgan fingerprint density at radius 2 is 2.05 bits per heavy atom. The summed E-state index contributed by atoms with van der Waals surface area (Å²) in [4.78, 5) is 9.14. The van der Waals surface area contributed by atoms with Crippen molar-refractivity contribution in [3.05, 3.63) is 17.2 Å². The third kappa shape index (κ3) is 4.20. The molecule has 1 fully saturated rings. The Bertz CT molecular complexity index is 394. The van der Waals surface area contributed by atoms with E-state index in [0.29, 0.717) is 0 Å². The first kappa shape index (κ1) is 14.8. The molecule has 0 radical (unpaired) electrons. The number of piperidine rings is 1. The van der Waals surface area contributed by atoms with Crippen molar-refractivity contribution in [1.29, 1.82) is 0 Å². The first-order valence-corrected chi connectivity index (χ1v) is 7.47. The zero-order valence-corrected chi connectivity index (χ0v) is 13.0. The molecule has 19 heavy (non-hydrogen) atoms. The summed E-state index contributed by atoms with van der Waals surface area (Å²) in [6.07, 6.45) is 5.69. The van der Waals surface area contributed by atoms with Gasteiger partial charge in [-0.3, -0.25) is 4.90 Å². The van der Waals surface area contributed by atoms with Gasteiger partial charge in [0.1, 0.15) is 11.0 Å². The zero-order valence-electron chi connectivity index (χ0n) is 12.3. The minimum atomic E-state index is 0.718. The number of halogens is 1. The Balaban J connectivity index is 1.76. The lowest BCUT2D eigenvalue weighted by atomic mass is 9.93. The van der Waals surface area contributed by atoms with E-state index in [1.54, 1.807) is 6.20 Å². The number of aromatic nitrogens is 2. The van der Waals surface area contributed by atoms with E-state index in [4.69, 9.17) is 11.6 Å². The zero-order chi connectivity index (χ0) is 13.8. The van der Waals surface area contributed by atoms with Crippen LogP contribution in [-0.2, 0) is 13.6 Å². The summed E-state index contributed by atoms with van der Waals surface area (Å²) >= 11 is 6.02. The molecule has 0 spiro atoms. The van der Waals surface area contributed by atoms with Crippen LogP contribution in [0, 0.1) is 5.92 Å². The van der Waals surface area contributed by atoms with Crippen LogP contribution in [0.4, 0.5) is 0 Å². The summed E-state index contributed by atoms with van der Waals surface area (Å²) in [5.74, 6) is 1.96. The summed E-state index contributed by atoms with van der Waals surface area (Å²) in [5.41, 5.74) is 0. The van der Waals surface area contributed by atoms with Gasteiger partial charge < -0.3 is 9.47 Å². The van der Waals surface area contributed by atoms with Gasteiger partial charge in [0.25, 0.3) is 0 Å². The van der Waals surface area contributed by atoms with Crippen molar-refractivity contribution in [2.24, 2.45) is 13.0 Å². The van der Waals surface area contributed by atoms with Crippen LogP contribution in [0.15, 0.2) is 6.20 Å². The number of rotatable bonds is 5. The van der Waals surface area contributed by atoms with E-state index in [1.807, 2.05) is 11.6 Å². The van der Waals surface area contributed by atoms with Crippen LogP contribution in [0.1, 0.15) is 25.1 Å². The van der Waals surface area contributed by atoms with Crippen LogP contribution >= 0.6 is 11.6 Å². The molecule has 0 N–H and O–H groups in total. The highest BCUT2D eigenvalue weighted by molar-refractivity contribution is 6.29. The van der Waals surface area contributed by atoms with E-state index in [2.05, 4.69) is 28.9 Å². The summed E-state index contributed by atoms with van der Waals surface area (Å²) in [7, 11) is 6.29. The van der Waals surface area contributed by atoms with Crippen molar-refractivity contribution in [1.82, 2.24) is 19.4 Å². The van der Waals surface area contributed by atoms with Crippen LogP contribution in [0.5, 0.6) is 0 Å². The van der Waals surface area contributed by atoms with Crippen molar-refractivity contribution in [3.63, 3.8) is 0 Å². The molecule has 1 saturated heterocycles. The highest BCUT2D eigenvalue weighted by Gasteiger charge is 2.20. The number of nitrogens with zero attached hydrogens (tertiary/aromatic N) is 4. The van der Waals surface area contributed by atoms with Gasteiger partial charge in [-0.25, -0.2) is 4.98 Å². The molecule has 0 atom stereocenters. The van der Waals surface area contributed by atoms with Crippen LogP contribution in [-0.4, -0.2) is 53.1 Å². The Morgan fingerprint density at radius 1 is 1.37 bits per heavy atom. The summed E-state index contributed by atoms with van der Waals surface area (Å²) in [5, 5.41) is 0.718. The smallest absolute Gasteiger partial charge is 0.128 e. The molecule has 0 aromatic carbocycles. The SMILES string of the molecule is CN(C)CCC1CCN(Cc2ncc(Cl)n2C)CC1. The second-order valence-corrected chi connectivity index (χ2v) is 6.25. The molecule has 4 nitrogen and oxygen atoms in total. The third-order valence-electron chi connectivity index (χ3n) is 4.08. The average molecular weight is 285 g/mol. The summed E-state index contributed by atoms with van der Waals surface area (Å²) < 4.78 is 1.97. The molecule has 0 unspecified atom stereocenters. The van der Waals surface area contributed by atoms with Crippen LogP contribution < -0.4 is 0 Å². The molecule has 1 aromatic heterocycles. The van der Waals surface area contributed by atoms with E-state index in [9.17, 15) is 0 Å². The topological polar surface area (TPSA) is 24.3 Å². The van der Waals surface area contributed by atoms with Crippen LogP contribution in [0.2, 0.25) is 5.15 Å². The monoisotopic (exact) mass is 284 g/mol. The number of imidazole rings is 1. The number of likely N-dealkylation sites (tertiary alicyclic amines) is 1. The molecule has 5 heteroatoms. The normalized spacial score (nSPS) is 18.4. The molecule has 1 aliphatic rings. The first-order chi connectivity index (χ1) is 9.06. The minimum absolute atomic E-state index is 0.718. The van der Waals surface area contributed by atoms with E-state index in [1.165, 1.54) is 38.9 Å². The van der Waals surface area contributed by atoms with Gasteiger partial charge in [0, 0.05) is 7.05 Å². The molecule has 108 valence electrons. The molecule has 0 amide bonds. The predicted octanol–water partition coefficient (Wildman–Crippen LogP) is 2.24. The Labute approximate surface area is 121 Å². The van der Waals surface area contributed by atoms with Crippen molar-refractivity contribution in [2.75, 3.05) is 33.7 Å². The maximum absolute atomic E-state index is 6.02. The average Bonchev–Trinajstić information content (AvgIpc) is 2.70. The molecule has 0 bridgehead atoms. The molecular weight excluding hydrogens is 260 g/mol. The fourth-order valence-corrected chi connectivity index (χ4v) is 2.79. The largest absolute Gasteiger partial charge is 0.321 e. The minimum Gasteiger partial charge on any atom is -0.321 e. The van der Waals surface area contributed by atoms with E-state index in [0.717, 1.165) is 23.4 Å². The fourth-order valence-electron chi connectivity index (χ4n) is 2.65. The Morgan fingerprint density at radius 3 is 2.58 bits per heavy atom. The second-order valence-electron chi connectivity index (χ2n) is 5.87. The van der Waals surface area contributed by atoms with Gasteiger partial charge in [0.15, 0.2) is 0 Å². The maximum atomic E-state index is 6.02. The number of hydrogen-bond acceptors (Lipinski definition) is 3. The molecule has 0 saturated carbocycles. The molecule has 1 aromatic rings. The Kier molecular flexibility index (Phi) is 5.25. The fraction of sp³-hybridized carbons (Fsp3) is 0.786. The van der Waals surface area contributed by atoms with Gasteiger partial charge in [-0.05, 0) is 58.9 Å². The lowest BCUT2D eigenvalue weighted by molar-refractivity contribution is 0.161. The lowest BCUT2D eigenvalue weighted by Gasteiger charge is -2.32. The highest BCUT2D eigenvalue weighted by atomic mass is 35.5. The van der Waals surface area contributed by atoms with Crippen molar-refractivity contribution < 1.29 is 0 Å². The van der Waals surface area contributed by atoms with E-state index in [-0.39, 0.29) is 0 Å². The molecule has 1 aliphatic heterocycles. The standard InChI is InChI=1S/C14H25ClN4/c1-17(2)7-4-12-5-8-19(9-6-12)11-14-16-10-13(15)18(14)3/h10,12H,4-9,11H2,1-3H3. The lowest BCUT2D eigenvalue weighted by Crippen LogP contribution is -2.34. The molecular formula is C14H25ClN4. The quantitative estimate of drug-likeness (QED) is 0.829.